The van der Waals surface area contributed by atoms with E-state index in [0.717, 1.165) is 5.39 Å². The summed E-state index contributed by atoms with van der Waals surface area (Å²) in [6.07, 6.45) is 0. The highest BCUT2D eigenvalue weighted by Crippen LogP contribution is 2.29. The van der Waals surface area contributed by atoms with Gasteiger partial charge in [0.05, 0.1) is 5.02 Å². The number of pyridine rings is 1. The fraction of sp³-hybridized carbons (Fsp3) is 0.0909. The molecule has 6 heteroatoms. The predicted molar refractivity (Wildman–Crippen MR) is 64.9 cm³/mol. The summed E-state index contributed by atoms with van der Waals surface area (Å²) in [6, 6.07) is 6.80. The number of carboxylic acid groups (broad SMARTS) is 1. The Hall–Kier alpha value is -1.52. The van der Waals surface area contributed by atoms with Gasteiger partial charge in [-0.25, -0.2) is 9.78 Å². The molecule has 0 bridgehead atoms. The Labute approximate surface area is 107 Å². The van der Waals surface area contributed by atoms with Crippen molar-refractivity contribution >= 4 is 40.1 Å². The van der Waals surface area contributed by atoms with Crippen molar-refractivity contribution in [2.75, 3.05) is 6.61 Å². The van der Waals surface area contributed by atoms with E-state index in [1.807, 2.05) is 0 Å². The van der Waals surface area contributed by atoms with Gasteiger partial charge in [-0.1, -0.05) is 35.3 Å². The van der Waals surface area contributed by atoms with Crippen LogP contribution in [0.2, 0.25) is 10.2 Å². The topological polar surface area (TPSA) is 59.4 Å². The molecule has 4 nitrogen and oxygen atoms in total. The number of ether oxygens (including phenoxy) is 1. The monoisotopic (exact) mass is 271 g/mol. The highest BCUT2D eigenvalue weighted by Gasteiger charge is 2.08. The van der Waals surface area contributed by atoms with Crippen molar-refractivity contribution in [3.8, 4) is 5.75 Å². The van der Waals surface area contributed by atoms with Crippen LogP contribution in [0.4, 0.5) is 0 Å². The summed E-state index contributed by atoms with van der Waals surface area (Å²) in [5, 5.41) is 9.79. The van der Waals surface area contributed by atoms with Gasteiger partial charge in [0.15, 0.2) is 6.61 Å². The van der Waals surface area contributed by atoms with Crippen LogP contribution in [0.25, 0.3) is 10.9 Å². The number of para-hydroxylation sites is 1. The van der Waals surface area contributed by atoms with Crippen molar-refractivity contribution in [3.05, 3.63) is 34.4 Å². The van der Waals surface area contributed by atoms with E-state index >= 15 is 0 Å². The molecule has 0 amide bonds. The van der Waals surface area contributed by atoms with Crippen molar-refractivity contribution in [2.45, 2.75) is 0 Å². The molecule has 17 heavy (non-hydrogen) atoms. The number of hydrogen-bond acceptors (Lipinski definition) is 3. The molecule has 1 N–H and O–H groups in total. The Balaban J connectivity index is 2.49. The van der Waals surface area contributed by atoms with Gasteiger partial charge in [-0.15, -0.1) is 0 Å². The minimum atomic E-state index is -1.05. The summed E-state index contributed by atoms with van der Waals surface area (Å²) in [7, 11) is 0. The van der Waals surface area contributed by atoms with Crippen molar-refractivity contribution in [1.29, 1.82) is 0 Å². The second kappa shape index (κ2) is 4.77. The third-order valence-corrected chi connectivity index (χ3v) is 2.74. The molecule has 0 spiro atoms. The highest BCUT2D eigenvalue weighted by molar-refractivity contribution is 6.41. The molecule has 0 aliphatic carbocycles. The molecule has 0 saturated heterocycles. The Bertz CT molecular complexity index is 586. The summed E-state index contributed by atoms with van der Waals surface area (Å²) in [5.74, 6) is -0.689. The van der Waals surface area contributed by atoms with Gasteiger partial charge in [-0.3, -0.25) is 0 Å². The molecule has 1 heterocycles. The van der Waals surface area contributed by atoms with Gasteiger partial charge in [0.2, 0.25) is 0 Å². The van der Waals surface area contributed by atoms with Gasteiger partial charge < -0.3 is 9.84 Å². The minimum absolute atomic E-state index is 0.158. The van der Waals surface area contributed by atoms with Crippen LogP contribution >= 0.6 is 23.2 Å². The van der Waals surface area contributed by atoms with Gasteiger partial charge in [-0.05, 0) is 12.1 Å². The van der Waals surface area contributed by atoms with Crippen LogP contribution in [0.1, 0.15) is 0 Å². The second-order valence-corrected chi connectivity index (χ2v) is 4.04. The van der Waals surface area contributed by atoms with E-state index < -0.39 is 12.6 Å². The molecule has 0 aliphatic heterocycles. The number of fused-ring (bicyclic) bond motifs is 1. The highest BCUT2D eigenvalue weighted by atomic mass is 35.5. The summed E-state index contributed by atoms with van der Waals surface area (Å²) in [6.45, 7) is -0.430. The fourth-order valence-electron chi connectivity index (χ4n) is 1.38. The van der Waals surface area contributed by atoms with Crippen LogP contribution in [0.3, 0.4) is 0 Å². The van der Waals surface area contributed by atoms with E-state index in [-0.39, 0.29) is 5.15 Å². The van der Waals surface area contributed by atoms with E-state index in [4.69, 9.17) is 33.0 Å². The maximum absolute atomic E-state index is 10.4. The molecule has 0 aliphatic rings. The first-order chi connectivity index (χ1) is 8.08. The number of halogens is 2. The molecule has 0 atom stereocenters. The Morgan fingerprint density at radius 2 is 2.18 bits per heavy atom. The molecule has 88 valence electrons. The maximum Gasteiger partial charge on any atom is 0.341 e. The van der Waals surface area contributed by atoms with Crippen molar-refractivity contribution in [3.63, 3.8) is 0 Å². The maximum atomic E-state index is 10.4. The lowest BCUT2D eigenvalue weighted by molar-refractivity contribution is -0.139. The molecule has 0 unspecified atom stereocenters. The zero-order valence-corrected chi connectivity index (χ0v) is 10.00. The van der Waals surface area contributed by atoms with Crippen LogP contribution < -0.4 is 4.74 Å². The van der Waals surface area contributed by atoms with E-state index in [9.17, 15) is 4.79 Å². The van der Waals surface area contributed by atoms with E-state index in [0.29, 0.717) is 16.3 Å². The average Bonchev–Trinajstić information content (AvgIpc) is 2.28. The standard InChI is InChI=1S/C11H7Cl2NO3/c12-7-4-6-2-1-3-8(17-5-9(15)16)10(6)14-11(7)13/h1-4H,5H2,(H,15,16). The molecule has 2 rings (SSSR count). The molecule has 0 saturated carbocycles. The Morgan fingerprint density at radius 3 is 2.88 bits per heavy atom. The number of rotatable bonds is 3. The van der Waals surface area contributed by atoms with E-state index in [1.54, 1.807) is 24.3 Å². The lowest BCUT2D eigenvalue weighted by Gasteiger charge is -2.07. The number of nitrogens with zero attached hydrogens (tertiary/aromatic N) is 1. The quantitative estimate of drug-likeness (QED) is 0.872. The Morgan fingerprint density at radius 1 is 1.41 bits per heavy atom. The molecule has 1 aromatic carbocycles. The van der Waals surface area contributed by atoms with Gasteiger partial charge in [0.1, 0.15) is 16.4 Å². The summed E-state index contributed by atoms with van der Waals surface area (Å²) in [4.78, 5) is 14.5. The van der Waals surface area contributed by atoms with Gasteiger partial charge in [-0.2, -0.15) is 0 Å². The van der Waals surface area contributed by atoms with Gasteiger partial charge in [0, 0.05) is 5.39 Å². The first-order valence-corrected chi connectivity index (χ1v) is 5.43. The average molecular weight is 272 g/mol. The molecule has 0 fully saturated rings. The molecule has 2 aromatic rings. The van der Waals surface area contributed by atoms with Crippen LogP contribution in [0.5, 0.6) is 5.75 Å². The van der Waals surface area contributed by atoms with E-state index in [2.05, 4.69) is 4.98 Å². The SMILES string of the molecule is O=C(O)COc1cccc2cc(Cl)c(Cl)nc12. The molecule has 1 aromatic heterocycles. The minimum Gasteiger partial charge on any atom is -0.480 e. The zero-order valence-electron chi connectivity index (χ0n) is 8.48. The number of carboxylic acids is 1. The number of benzene rings is 1. The molecular weight excluding hydrogens is 265 g/mol. The first-order valence-electron chi connectivity index (χ1n) is 4.67. The lowest BCUT2D eigenvalue weighted by atomic mass is 10.2. The van der Waals surface area contributed by atoms with Gasteiger partial charge in [0.25, 0.3) is 0 Å². The van der Waals surface area contributed by atoms with Crippen LogP contribution in [0, 0.1) is 0 Å². The number of hydrogen-bond donors (Lipinski definition) is 1. The number of carbonyl (C=O) groups is 1. The van der Waals surface area contributed by atoms with Crippen LogP contribution in [-0.2, 0) is 4.79 Å². The van der Waals surface area contributed by atoms with Crippen molar-refractivity contribution in [1.82, 2.24) is 4.98 Å². The zero-order chi connectivity index (χ0) is 12.4. The number of aromatic nitrogens is 1. The first kappa shape index (κ1) is 12.0. The smallest absolute Gasteiger partial charge is 0.341 e. The number of aliphatic carboxylic acids is 1. The lowest BCUT2D eigenvalue weighted by Crippen LogP contribution is -2.09. The second-order valence-electron chi connectivity index (χ2n) is 3.27. The van der Waals surface area contributed by atoms with Crippen LogP contribution in [0.15, 0.2) is 24.3 Å². The Kier molecular flexibility index (Phi) is 3.36. The summed E-state index contributed by atoms with van der Waals surface area (Å²) < 4.78 is 5.11. The molecular formula is C11H7Cl2NO3. The van der Waals surface area contributed by atoms with Crippen molar-refractivity contribution in [2.24, 2.45) is 0 Å². The molecule has 0 radical (unpaired) electrons. The van der Waals surface area contributed by atoms with Gasteiger partial charge >= 0.3 is 5.97 Å². The summed E-state index contributed by atoms with van der Waals surface area (Å²) >= 11 is 11.6. The van der Waals surface area contributed by atoms with E-state index in [1.165, 1.54) is 0 Å². The van der Waals surface area contributed by atoms with Crippen molar-refractivity contribution < 1.29 is 14.6 Å². The largest absolute Gasteiger partial charge is 0.480 e. The third-order valence-electron chi connectivity index (χ3n) is 2.07. The normalized spacial score (nSPS) is 10.5. The summed E-state index contributed by atoms with van der Waals surface area (Å²) in [5.41, 5.74) is 0.489. The predicted octanol–water partition coefficient (Wildman–Crippen LogP) is 3.01. The third kappa shape index (κ3) is 2.60. The van der Waals surface area contributed by atoms with Crippen LogP contribution in [-0.4, -0.2) is 22.7 Å². The fourth-order valence-corrected chi connectivity index (χ4v) is 1.68.